The first-order chi connectivity index (χ1) is 15.9. The molecule has 3 aromatic carbocycles. The highest BCUT2D eigenvalue weighted by molar-refractivity contribution is 8.00. The molecule has 0 fully saturated rings. The SMILES string of the molecule is NC(=O)c1ccc(SCC(=O)Nc2nc3ccc(Oc4ccccc4)cc3s2)c([N+](=O)[O-])c1. The van der Waals surface area contributed by atoms with Gasteiger partial charge in [-0.3, -0.25) is 19.7 Å². The molecule has 3 N–H and O–H groups in total. The number of primary amides is 1. The van der Waals surface area contributed by atoms with E-state index in [1.807, 2.05) is 36.4 Å². The number of ether oxygens (including phenoxy) is 1. The first-order valence-electron chi connectivity index (χ1n) is 9.53. The zero-order valence-electron chi connectivity index (χ0n) is 16.9. The molecule has 0 aliphatic rings. The second-order valence-corrected chi connectivity index (χ2v) is 8.75. The number of nitrogens with two attached hydrogens (primary N) is 1. The number of thiazole rings is 1. The van der Waals surface area contributed by atoms with E-state index >= 15 is 0 Å². The summed E-state index contributed by atoms with van der Waals surface area (Å²) >= 11 is 2.28. The molecular weight excluding hydrogens is 464 g/mol. The monoisotopic (exact) mass is 480 g/mol. The third kappa shape index (κ3) is 5.45. The Kier molecular flexibility index (Phi) is 6.52. The summed E-state index contributed by atoms with van der Waals surface area (Å²) in [6.45, 7) is 0. The van der Waals surface area contributed by atoms with E-state index in [0.29, 0.717) is 22.1 Å². The molecule has 0 saturated heterocycles. The first-order valence-corrected chi connectivity index (χ1v) is 11.3. The molecule has 4 rings (SSSR count). The van der Waals surface area contributed by atoms with Crippen molar-refractivity contribution in [3.05, 3.63) is 82.4 Å². The molecule has 2 amide bonds. The second-order valence-electron chi connectivity index (χ2n) is 6.70. The zero-order chi connectivity index (χ0) is 23.4. The van der Waals surface area contributed by atoms with E-state index in [-0.39, 0.29) is 27.8 Å². The number of nitrogens with zero attached hydrogens (tertiary/aromatic N) is 2. The van der Waals surface area contributed by atoms with Crippen LogP contribution in [-0.4, -0.2) is 27.5 Å². The number of carbonyl (C=O) groups excluding carboxylic acids is 2. The predicted molar refractivity (Wildman–Crippen MR) is 127 cm³/mol. The van der Waals surface area contributed by atoms with Crippen LogP contribution in [0.4, 0.5) is 10.8 Å². The van der Waals surface area contributed by atoms with Gasteiger partial charge in [-0.05, 0) is 36.4 Å². The summed E-state index contributed by atoms with van der Waals surface area (Å²) in [5.41, 5.74) is 5.63. The normalized spacial score (nSPS) is 10.7. The van der Waals surface area contributed by atoms with Gasteiger partial charge in [0.2, 0.25) is 11.8 Å². The maximum Gasteiger partial charge on any atom is 0.283 e. The summed E-state index contributed by atoms with van der Waals surface area (Å²) in [4.78, 5) is 39.0. The smallest absolute Gasteiger partial charge is 0.283 e. The van der Waals surface area contributed by atoms with Crippen LogP contribution in [0.15, 0.2) is 71.6 Å². The van der Waals surface area contributed by atoms with Gasteiger partial charge in [-0.1, -0.05) is 29.5 Å². The largest absolute Gasteiger partial charge is 0.457 e. The van der Waals surface area contributed by atoms with Crippen molar-refractivity contribution in [2.75, 3.05) is 11.1 Å². The van der Waals surface area contributed by atoms with Gasteiger partial charge in [0.1, 0.15) is 11.5 Å². The van der Waals surface area contributed by atoms with Gasteiger partial charge in [0.05, 0.1) is 25.8 Å². The van der Waals surface area contributed by atoms with Gasteiger partial charge in [0, 0.05) is 17.7 Å². The lowest BCUT2D eigenvalue weighted by molar-refractivity contribution is -0.387. The Morgan fingerprint density at radius 3 is 2.61 bits per heavy atom. The minimum atomic E-state index is -0.763. The van der Waals surface area contributed by atoms with E-state index in [1.54, 1.807) is 12.1 Å². The number of thioether (sulfide) groups is 1. The molecule has 0 aliphatic carbocycles. The lowest BCUT2D eigenvalue weighted by atomic mass is 10.2. The summed E-state index contributed by atoms with van der Waals surface area (Å²) < 4.78 is 6.66. The molecule has 0 saturated carbocycles. The summed E-state index contributed by atoms with van der Waals surface area (Å²) in [7, 11) is 0. The number of carbonyl (C=O) groups is 2. The van der Waals surface area contributed by atoms with Crippen molar-refractivity contribution in [1.82, 2.24) is 4.98 Å². The predicted octanol–water partition coefficient (Wildman–Crippen LogP) is 4.83. The van der Waals surface area contributed by atoms with Crippen molar-refractivity contribution in [3.63, 3.8) is 0 Å². The second kappa shape index (κ2) is 9.67. The van der Waals surface area contributed by atoms with E-state index in [9.17, 15) is 19.7 Å². The number of hydrogen-bond acceptors (Lipinski definition) is 8. The number of fused-ring (bicyclic) bond motifs is 1. The maximum absolute atomic E-state index is 12.4. The van der Waals surface area contributed by atoms with Crippen LogP contribution in [0.1, 0.15) is 10.4 Å². The molecule has 1 aromatic heterocycles. The van der Waals surface area contributed by atoms with Gasteiger partial charge in [-0.25, -0.2) is 4.98 Å². The standard InChI is InChI=1S/C22H16N4O5S2/c23-21(28)13-6-9-18(17(10-13)26(29)30)32-12-20(27)25-22-24-16-8-7-15(11-19(16)33-22)31-14-4-2-1-3-5-14/h1-11H,12H2,(H2,23,28)(H,24,25,27). The van der Waals surface area contributed by atoms with E-state index in [4.69, 9.17) is 10.5 Å². The van der Waals surface area contributed by atoms with Gasteiger partial charge in [0.15, 0.2) is 5.13 Å². The maximum atomic E-state index is 12.4. The molecule has 9 nitrogen and oxygen atoms in total. The minimum absolute atomic E-state index is 0.0283. The summed E-state index contributed by atoms with van der Waals surface area (Å²) in [5.74, 6) is 0.158. The van der Waals surface area contributed by atoms with Crippen LogP contribution < -0.4 is 15.8 Å². The molecule has 4 aromatic rings. The van der Waals surface area contributed by atoms with Crippen LogP contribution in [0.2, 0.25) is 0 Å². The molecule has 0 bridgehead atoms. The number of hydrogen-bond donors (Lipinski definition) is 2. The van der Waals surface area contributed by atoms with Crippen LogP contribution in [-0.2, 0) is 4.79 Å². The van der Waals surface area contributed by atoms with Gasteiger partial charge in [-0.2, -0.15) is 0 Å². The third-order valence-corrected chi connectivity index (χ3v) is 6.38. The Hall–Kier alpha value is -3.96. The van der Waals surface area contributed by atoms with Gasteiger partial charge in [0.25, 0.3) is 5.69 Å². The van der Waals surface area contributed by atoms with Crippen LogP contribution >= 0.6 is 23.1 Å². The van der Waals surface area contributed by atoms with E-state index < -0.39 is 10.8 Å². The molecule has 0 unspecified atom stereocenters. The number of nitrogens with one attached hydrogen (secondary N) is 1. The lowest BCUT2D eigenvalue weighted by Gasteiger charge is -2.04. The fourth-order valence-corrected chi connectivity index (χ4v) is 4.60. The van der Waals surface area contributed by atoms with Crippen molar-refractivity contribution in [2.45, 2.75) is 4.90 Å². The van der Waals surface area contributed by atoms with Crippen molar-refractivity contribution in [1.29, 1.82) is 0 Å². The Morgan fingerprint density at radius 1 is 1.09 bits per heavy atom. The van der Waals surface area contributed by atoms with Crippen LogP contribution in [0.25, 0.3) is 10.2 Å². The molecule has 0 atom stereocenters. The van der Waals surface area contributed by atoms with Crippen LogP contribution in [0, 0.1) is 10.1 Å². The number of rotatable bonds is 8. The molecule has 33 heavy (non-hydrogen) atoms. The van der Waals surface area contributed by atoms with Crippen molar-refractivity contribution in [2.24, 2.45) is 5.73 Å². The molecule has 1 heterocycles. The van der Waals surface area contributed by atoms with Gasteiger partial charge < -0.3 is 15.8 Å². The summed E-state index contributed by atoms with van der Waals surface area (Å²) in [5, 5.41) is 14.4. The van der Waals surface area contributed by atoms with Gasteiger partial charge >= 0.3 is 0 Å². The molecule has 0 spiro atoms. The number of benzene rings is 3. The van der Waals surface area contributed by atoms with E-state index in [2.05, 4.69) is 10.3 Å². The average molecular weight is 481 g/mol. The molecule has 11 heteroatoms. The van der Waals surface area contributed by atoms with Crippen molar-refractivity contribution < 1.29 is 19.2 Å². The minimum Gasteiger partial charge on any atom is -0.457 e. The van der Waals surface area contributed by atoms with Crippen molar-refractivity contribution >= 4 is 55.9 Å². The zero-order valence-corrected chi connectivity index (χ0v) is 18.5. The number of amides is 2. The topological polar surface area (TPSA) is 137 Å². The van der Waals surface area contributed by atoms with Gasteiger partial charge in [-0.15, -0.1) is 11.8 Å². The summed E-state index contributed by atoms with van der Waals surface area (Å²) in [6.07, 6.45) is 0. The number of anilines is 1. The number of nitro groups is 1. The summed E-state index contributed by atoms with van der Waals surface area (Å²) in [6, 6.07) is 18.7. The van der Waals surface area contributed by atoms with Crippen LogP contribution in [0.3, 0.4) is 0 Å². The van der Waals surface area contributed by atoms with Crippen molar-refractivity contribution in [3.8, 4) is 11.5 Å². The third-order valence-electron chi connectivity index (χ3n) is 4.38. The Balaban J connectivity index is 1.42. The lowest BCUT2D eigenvalue weighted by Crippen LogP contribution is -2.14. The molecule has 166 valence electrons. The fraction of sp³-hybridized carbons (Fsp3) is 0.0455. The average Bonchev–Trinajstić information content (AvgIpc) is 3.19. The molecule has 0 aliphatic heterocycles. The Bertz CT molecular complexity index is 1360. The van der Waals surface area contributed by atoms with Crippen LogP contribution in [0.5, 0.6) is 11.5 Å². The molecular formula is C22H16N4O5S2. The number of para-hydroxylation sites is 1. The highest BCUT2D eigenvalue weighted by Crippen LogP contribution is 2.32. The quantitative estimate of drug-likeness (QED) is 0.209. The first kappa shape index (κ1) is 22.2. The fourth-order valence-electron chi connectivity index (χ4n) is 2.88. The number of nitro benzene ring substituents is 1. The van der Waals surface area contributed by atoms with E-state index in [0.717, 1.165) is 22.5 Å². The van der Waals surface area contributed by atoms with E-state index in [1.165, 1.54) is 23.5 Å². The Morgan fingerprint density at radius 2 is 1.88 bits per heavy atom. The highest BCUT2D eigenvalue weighted by Gasteiger charge is 2.18. The number of aromatic nitrogens is 1. The Labute approximate surface area is 195 Å². The molecule has 0 radical (unpaired) electrons. The highest BCUT2D eigenvalue weighted by atomic mass is 32.2.